The van der Waals surface area contributed by atoms with Crippen LogP contribution in [-0.4, -0.2) is 39.9 Å². The molecule has 0 unspecified atom stereocenters. The third kappa shape index (κ3) is 5.95. The van der Waals surface area contributed by atoms with Gasteiger partial charge in [0.15, 0.2) is 0 Å². The summed E-state index contributed by atoms with van der Waals surface area (Å²) < 4.78 is 33.1. The van der Waals surface area contributed by atoms with Gasteiger partial charge in [-0.15, -0.1) is 0 Å². The molecule has 2 aromatic carbocycles. The lowest BCUT2D eigenvalue weighted by Crippen LogP contribution is -2.45. The quantitative estimate of drug-likeness (QED) is 0.576. The van der Waals surface area contributed by atoms with Gasteiger partial charge in [0.1, 0.15) is 11.8 Å². The molecule has 8 nitrogen and oxygen atoms in total. The Morgan fingerprint density at radius 1 is 1.10 bits per heavy atom. The van der Waals surface area contributed by atoms with Crippen molar-refractivity contribution in [2.75, 3.05) is 18.4 Å². The fourth-order valence-corrected chi connectivity index (χ4v) is 3.60. The Kier molecular flexibility index (Phi) is 7.60. The third-order valence-electron chi connectivity index (χ3n) is 4.05. The number of para-hydroxylation sites is 2. The molecular weight excluding hydrogens is 394 g/mol. The molecule has 1 atom stereocenters. The first kappa shape index (κ1) is 22.2. The third-order valence-corrected chi connectivity index (χ3v) is 5.41. The molecule has 156 valence electrons. The highest BCUT2D eigenvalue weighted by Gasteiger charge is 2.20. The Morgan fingerprint density at radius 2 is 1.83 bits per heavy atom. The van der Waals surface area contributed by atoms with Gasteiger partial charge in [0.2, 0.25) is 5.91 Å². The van der Waals surface area contributed by atoms with Crippen LogP contribution in [0.5, 0.6) is 5.75 Å². The molecule has 3 N–H and O–H groups in total. The standard InChI is InChI=1S/C20H25N3O5S/c1-4-12-21-19(24)14(2)22-20(25)15-8-7-9-16(13-15)29(26,27)23-17-10-5-6-11-18(17)28-3/h5-11,13-14,23H,4,12H2,1-3H3,(H,21,24)(H,22,25)/t14-/m0/s1. The van der Waals surface area contributed by atoms with Crippen LogP contribution in [0.3, 0.4) is 0 Å². The normalized spacial score (nSPS) is 12.0. The van der Waals surface area contributed by atoms with Gasteiger partial charge in [0.05, 0.1) is 17.7 Å². The first-order valence-electron chi connectivity index (χ1n) is 9.13. The van der Waals surface area contributed by atoms with E-state index in [2.05, 4.69) is 15.4 Å². The van der Waals surface area contributed by atoms with Crippen LogP contribution in [0.25, 0.3) is 0 Å². The zero-order valence-electron chi connectivity index (χ0n) is 16.6. The van der Waals surface area contributed by atoms with E-state index in [4.69, 9.17) is 4.74 Å². The SMILES string of the molecule is CCCNC(=O)[C@H](C)NC(=O)c1cccc(S(=O)(=O)Nc2ccccc2OC)c1. The maximum atomic E-state index is 12.7. The number of hydrogen-bond acceptors (Lipinski definition) is 5. The highest BCUT2D eigenvalue weighted by atomic mass is 32.2. The van der Waals surface area contributed by atoms with Crippen molar-refractivity contribution >= 4 is 27.5 Å². The van der Waals surface area contributed by atoms with Crippen molar-refractivity contribution in [3.8, 4) is 5.75 Å². The largest absolute Gasteiger partial charge is 0.495 e. The Hall–Kier alpha value is -3.07. The smallest absolute Gasteiger partial charge is 0.262 e. The molecule has 0 fully saturated rings. The number of ether oxygens (including phenoxy) is 1. The summed E-state index contributed by atoms with van der Waals surface area (Å²) in [4.78, 5) is 24.3. The number of benzene rings is 2. The van der Waals surface area contributed by atoms with Gasteiger partial charge in [0, 0.05) is 12.1 Å². The van der Waals surface area contributed by atoms with Gasteiger partial charge in [0.25, 0.3) is 15.9 Å². The van der Waals surface area contributed by atoms with Crippen LogP contribution in [0.1, 0.15) is 30.6 Å². The minimum Gasteiger partial charge on any atom is -0.495 e. The molecule has 0 aliphatic rings. The highest BCUT2D eigenvalue weighted by Crippen LogP contribution is 2.26. The minimum atomic E-state index is -3.95. The molecule has 0 heterocycles. The van der Waals surface area contributed by atoms with Crippen LogP contribution in [0.2, 0.25) is 0 Å². The summed E-state index contributed by atoms with van der Waals surface area (Å²) in [5.74, 6) is -0.475. The second kappa shape index (κ2) is 9.92. The molecule has 0 aliphatic carbocycles. The van der Waals surface area contributed by atoms with E-state index in [0.717, 1.165) is 6.42 Å². The fraction of sp³-hybridized carbons (Fsp3) is 0.300. The number of amides is 2. The van der Waals surface area contributed by atoms with Gasteiger partial charge in [-0.25, -0.2) is 8.42 Å². The van der Waals surface area contributed by atoms with E-state index in [-0.39, 0.29) is 22.1 Å². The van der Waals surface area contributed by atoms with Crippen LogP contribution < -0.4 is 20.1 Å². The van der Waals surface area contributed by atoms with E-state index < -0.39 is 22.0 Å². The summed E-state index contributed by atoms with van der Waals surface area (Å²) in [7, 11) is -2.51. The number of hydrogen-bond donors (Lipinski definition) is 3. The first-order valence-corrected chi connectivity index (χ1v) is 10.6. The molecule has 0 aromatic heterocycles. The lowest BCUT2D eigenvalue weighted by atomic mass is 10.2. The summed E-state index contributed by atoms with van der Waals surface area (Å²) in [6, 6.07) is 11.4. The Morgan fingerprint density at radius 3 is 2.52 bits per heavy atom. The molecule has 29 heavy (non-hydrogen) atoms. The zero-order valence-corrected chi connectivity index (χ0v) is 17.4. The molecule has 0 saturated carbocycles. The summed E-state index contributed by atoms with van der Waals surface area (Å²) >= 11 is 0. The molecule has 0 spiro atoms. The number of carbonyl (C=O) groups is 2. The number of sulfonamides is 1. The van der Waals surface area contributed by atoms with Gasteiger partial charge in [-0.1, -0.05) is 25.1 Å². The molecule has 2 rings (SSSR count). The minimum absolute atomic E-state index is 0.0841. The molecule has 2 aromatic rings. The number of methoxy groups -OCH3 is 1. The molecule has 2 amide bonds. The van der Waals surface area contributed by atoms with E-state index in [0.29, 0.717) is 12.3 Å². The molecule has 0 radical (unpaired) electrons. The second-order valence-electron chi connectivity index (χ2n) is 6.32. The first-order chi connectivity index (χ1) is 13.8. The highest BCUT2D eigenvalue weighted by molar-refractivity contribution is 7.92. The predicted octanol–water partition coefficient (Wildman–Crippen LogP) is 2.14. The van der Waals surface area contributed by atoms with Crippen molar-refractivity contribution in [2.45, 2.75) is 31.2 Å². The van der Waals surface area contributed by atoms with Gasteiger partial charge in [-0.05, 0) is 43.7 Å². The van der Waals surface area contributed by atoms with Crippen LogP contribution in [0, 0.1) is 0 Å². The van der Waals surface area contributed by atoms with Crippen LogP contribution >= 0.6 is 0 Å². The van der Waals surface area contributed by atoms with Gasteiger partial charge in [-0.2, -0.15) is 0 Å². The van der Waals surface area contributed by atoms with Crippen LogP contribution in [-0.2, 0) is 14.8 Å². The van der Waals surface area contributed by atoms with Crippen LogP contribution in [0.4, 0.5) is 5.69 Å². The van der Waals surface area contributed by atoms with Crippen LogP contribution in [0.15, 0.2) is 53.4 Å². The average molecular weight is 420 g/mol. The van der Waals surface area contributed by atoms with Crippen molar-refractivity contribution in [3.63, 3.8) is 0 Å². The Bertz CT molecular complexity index is 976. The van der Waals surface area contributed by atoms with E-state index in [9.17, 15) is 18.0 Å². The van der Waals surface area contributed by atoms with Gasteiger partial charge >= 0.3 is 0 Å². The summed E-state index contributed by atoms with van der Waals surface area (Å²) in [6.07, 6.45) is 0.783. The maximum absolute atomic E-state index is 12.7. The van der Waals surface area contributed by atoms with E-state index >= 15 is 0 Å². The Balaban J connectivity index is 2.17. The van der Waals surface area contributed by atoms with Crippen molar-refractivity contribution in [1.82, 2.24) is 10.6 Å². The molecular formula is C20H25N3O5S. The Labute approximate surface area is 170 Å². The zero-order chi connectivity index (χ0) is 21.4. The maximum Gasteiger partial charge on any atom is 0.262 e. The monoisotopic (exact) mass is 419 g/mol. The van der Waals surface area contributed by atoms with E-state index in [1.807, 2.05) is 6.92 Å². The number of nitrogens with one attached hydrogen (secondary N) is 3. The molecule has 0 aliphatic heterocycles. The average Bonchev–Trinajstić information content (AvgIpc) is 2.72. The van der Waals surface area contributed by atoms with Crippen molar-refractivity contribution in [1.29, 1.82) is 0 Å². The molecule has 0 saturated heterocycles. The van der Waals surface area contributed by atoms with E-state index in [1.165, 1.54) is 31.4 Å². The second-order valence-corrected chi connectivity index (χ2v) is 8.00. The van der Waals surface area contributed by atoms with Crippen molar-refractivity contribution in [2.24, 2.45) is 0 Å². The summed E-state index contributed by atoms with van der Waals surface area (Å²) in [5.41, 5.74) is 0.411. The summed E-state index contributed by atoms with van der Waals surface area (Å²) in [5, 5.41) is 5.26. The number of rotatable bonds is 9. The molecule has 0 bridgehead atoms. The lowest BCUT2D eigenvalue weighted by molar-refractivity contribution is -0.122. The number of carbonyl (C=O) groups excluding carboxylic acids is 2. The van der Waals surface area contributed by atoms with Crippen molar-refractivity contribution < 1.29 is 22.7 Å². The lowest BCUT2D eigenvalue weighted by Gasteiger charge is -2.15. The van der Waals surface area contributed by atoms with E-state index in [1.54, 1.807) is 31.2 Å². The van der Waals surface area contributed by atoms with Crippen molar-refractivity contribution in [3.05, 3.63) is 54.1 Å². The topological polar surface area (TPSA) is 114 Å². The van der Waals surface area contributed by atoms with Gasteiger partial charge < -0.3 is 15.4 Å². The van der Waals surface area contributed by atoms with Gasteiger partial charge in [-0.3, -0.25) is 14.3 Å². The molecule has 9 heteroatoms. The predicted molar refractivity (Wildman–Crippen MR) is 110 cm³/mol. The fourth-order valence-electron chi connectivity index (χ4n) is 2.48. The summed E-state index contributed by atoms with van der Waals surface area (Å²) in [6.45, 7) is 4.00. The number of anilines is 1.